The number of halogens is 1. The van der Waals surface area contributed by atoms with E-state index in [9.17, 15) is 14.4 Å². The van der Waals surface area contributed by atoms with Crippen molar-refractivity contribution in [1.29, 1.82) is 0 Å². The number of benzene rings is 1. The smallest absolute Gasteiger partial charge is 0.286 e. The van der Waals surface area contributed by atoms with Crippen LogP contribution in [0.4, 0.5) is 5.69 Å². The van der Waals surface area contributed by atoms with Crippen LogP contribution in [0.1, 0.15) is 52.2 Å². The number of hydrogen-bond donors (Lipinski definition) is 2. The van der Waals surface area contributed by atoms with Crippen molar-refractivity contribution < 1.29 is 14.4 Å². The van der Waals surface area contributed by atoms with Crippen molar-refractivity contribution >= 4 is 46.3 Å². The zero-order valence-electron chi connectivity index (χ0n) is 16.7. The lowest BCUT2D eigenvalue weighted by atomic mass is 9.96. The van der Waals surface area contributed by atoms with Crippen LogP contribution < -0.4 is 10.6 Å². The van der Waals surface area contributed by atoms with Crippen LogP contribution in [0.15, 0.2) is 24.3 Å². The first-order chi connectivity index (χ1) is 14.5. The summed E-state index contributed by atoms with van der Waals surface area (Å²) in [5, 5.41) is 14.1. The average molecular weight is 450 g/mol. The number of rotatable bonds is 7. The number of unbranched alkanes of at least 4 members (excludes halogenated alkanes) is 1. The summed E-state index contributed by atoms with van der Waals surface area (Å²) in [6, 6.07) is 6.76. The maximum Gasteiger partial charge on any atom is 0.286 e. The van der Waals surface area contributed by atoms with Crippen LogP contribution in [0.5, 0.6) is 0 Å². The number of aromatic nitrogens is 2. The van der Waals surface area contributed by atoms with E-state index in [2.05, 4.69) is 27.8 Å². The number of nitrogens with one attached hydrogen (secondary N) is 2. The van der Waals surface area contributed by atoms with Gasteiger partial charge in [0, 0.05) is 36.3 Å². The lowest BCUT2D eigenvalue weighted by Gasteiger charge is -2.30. The van der Waals surface area contributed by atoms with Gasteiger partial charge in [-0.3, -0.25) is 14.4 Å². The van der Waals surface area contributed by atoms with Crippen molar-refractivity contribution in [2.24, 2.45) is 5.92 Å². The number of carbonyl (C=O) groups is 3. The van der Waals surface area contributed by atoms with Gasteiger partial charge in [0.25, 0.3) is 11.8 Å². The fraction of sp³-hybridized carbons (Fsp3) is 0.450. The predicted octanol–water partition coefficient (Wildman–Crippen LogP) is 3.21. The van der Waals surface area contributed by atoms with E-state index in [0.717, 1.165) is 24.2 Å². The first-order valence-corrected chi connectivity index (χ1v) is 11.1. The Morgan fingerprint density at radius 2 is 1.93 bits per heavy atom. The third-order valence-corrected chi connectivity index (χ3v) is 6.01. The molecule has 1 aliphatic rings. The fourth-order valence-electron chi connectivity index (χ4n) is 3.16. The number of carbonyl (C=O) groups excluding carboxylic acids is 3. The Kier molecular flexibility index (Phi) is 7.75. The first-order valence-electron chi connectivity index (χ1n) is 9.95. The molecule has 1 aliphatic heterocycles. The van der Waals surface area contributed by atoms with Gasteiger partial charge in [0.1, 0.15) is 0 Å². The van der Waals surface area contributed by atoms with E-state index in [1.165, 1.54) is 0 Å². The highest BCUT2D eigenvalue weighted by Gasteiger charge is 2.29. The fourth-order valence-corrected chi connectivity index (χ4v) is 4.06. The molecular weight excluding hydrogens is 426 g/mol. The number of amides is 3. The first kappa shape index (κ1) is 22.2. The van der Waals surface area contributed by atoms with Gasteiger partial charge >= 0.3 is 0 Å². The Balaban J connectivity index is 1.53. The van der Waals surface area contributed by atoms with E-state index in [1.54, 1.807) is 29.2 Å². The molecule has 0 unspecified atom stereocenters. The number of anilines is 1. The molecule has 1 aromatic carbocycles. The van der Waals surface area contributed by atoms with E-state index in [0.29, 0.717) is 43.2 Å². The average Bonchev–Trinajstić information content (AvgIpc) is 3.24. The quantitative estimate of drug-likeness (QED) is 0.631. The summed E-state index contributed by atoms with van der Waals surface area (Å²) >= 11 is 6.86. The summed E-state index contributed by atoms with van der Waals surface area (Å²) in [4.78, 5) is 38.9. The topological polar surface area (TPSA) is 104 Å². The number of piperidine rings is 1. The molecule has 0 spiro atoms. The molecule has 1 fully saturated rings. The number of hydrogen-bond acceptors (Lipinski definition) is 6. The van der Waals surface area contributed by atoms with Crippen molar-refractivity contribution in [2.75, 3.05) is 25.0 Å². The molecule has 0 atom stereocenters. The van der Waals surface area contributed by atoms with Crippen LogP contribution in [-0.2, 0) is 4.79 Å². The molecule has 2 aromatic rings. The third-order valence-electron chi connectivity index (χ3n) is 4.87. The summed E-state index contributed by atoms with van der Waals surface area (Å²) in [6.07, 6.45) is 3.23. The van der Waals surface area contributed by atoms with Crippen LogP contribution in [0.2, 0.25) is 5.02 Å². The van der Waals surface area contributed by atoms with Gasteiger partial charge in [0.15, 0.2) is 0 Å². The highest BCUT2D eigenvalue weighted by molar-refractivity contribution is 7.15. The van der Waals surface area contributed by atoms with Crippen molar-refractivity contribution in [2.45, 2.75) is 32.6 Å². The summed E-state index contributed by atoms with van der Waals surface area (Å²) < 4.78 is 0. The van der Waals surface area contributed by atoms with Crippen molar-refractivity contribution in [1.82, 2.24) is 20.4 Å². The van der Waals surface area contributed by atoms with Gasteiger partial charge in [-0.25, -0.2) is 0 Å². The Bertz CT molecular complexity index is 911. The highest BCUT2D eigenvalue weighted by Crippen LogP contribution is 2.22. The second-order valence-corrected chi connectivity index (χ2v) is 8.50. The molecule has 10 heteroatoms. The zero-order chi connectivity index (χ0) is 21.5. The van der Waals surface area contributed by atoms with Crippen LogP contribution >= 0.6 is 22.9 Å². The molecule has 30 heavy (non-hydrogen) atoms. The molecule has 0 saturated carbocycles. The molecule has 160 valence electrons. The van der Waals surface area contributed by atoms with E-state index >= 15 is 0 Å². The van der Waals surface area contributed by atoms with E-state index in [4.69, 9.17) is 11.6 Å². The second kappa shape index (κ2) is 10.5. The van der Waals surface area contributed by atoms with Crippen LogP contribution in [-0.4, -0.2) is 52.5 Å². The minimum atomic E-state index is -0.448. The highest BCUT2D eigenvalue weighted by atomic mass is 35.5. The summed E-state index contributed by atoms with van der Waals surface area (Å²) in [7, 11) is 0. The van der Waals surface area contributed by atoms with Gasteiger partial charge < -0.3 is 15.5 Å². The molecule has 1 aromatic heterocycles. The van der Waals surface area contributed by atoms with Gasteiger partial charge in [-0.2, -0.15) is 0 Å². The number of nitrogens with zero attached hydrogens (tertiary/aromatic N) is 3. The maximum atomic E-state index is 12.7. The molecule has 3 rings (SSSR count). The van der Waals surface area contributed by atoms with Gasteiger partial charge in [0.2, 0.25) is 15.9 Å². The lowest BCUT2D eigenvalue weighted by Crippen LogP contribution is -2.43. The minimum absolute atomic E-state index is 0.0615. The number of likely N-dealkylation sites (tertiary alicyclic amines) is 1. The van der Waals surface area contributed by atoms with E-state index in [-0.39, 0.29) is 27.7 Å². The Morgan fingerprint density at radius 3 is 2.63 bits per heavy atom. The van der Waals surface area contributed by atoms with Crippen LogP contribution in [0, 0.1) is 5.92 Å². The molecule has 0 radical (unpaired) electrons. The molecule has 8 nitrogen and oxygen atoms in total. The van der Waals surface area contributed by atoms with E-state index < -0.39 is 5.91 Å². The van der Waals surface area contributed by atoms with E-state index in [1.807, 2.05) is 0 Å². The SMILES string of the molecule is CCCCNC(=O)C1CCN(C(=O)c2nnc(C(=O)Nc3cccc(Cl)c3)s2)CC1. The van der Waals surface area contributed by atoms with Crippen LogP contribution in [0.25, 0.3) is 0 Å². The van der Waals surface area contributed by atoms with Crippen molar-refractivity contribution in [3.8, 4) is 0 Å². The summed E-state index contributed by atoms with van der Waals surface area (Å²) in [5.74, 6) is -0.721. The normalized spacial score (nSPS) is 14.4. The zero-order valence-corrected chi connectivity index (χ0v) is 18.3. The maximum absolute atomic E-state index is 12.7. The van der Waals surface area contributed by atoms with Crippen molar-refractivity contribution in [3.63, 3.8) is 0 Å². The molecule has 2 heterocycles. The predicted molar refractivity (Wildman–Crippen MR) is 116 cm³/mol. The van der Waals surface area contributed by atoms with Crippen LogP contribution in [0.3, 0.4) is 0 Å². The van der Waals surface area contributed by atoms with Crippen molar-refractivity contribution in [3.05, 3.63) is 39.3 Å². The Labute approximate surface area is 184 Å². The third kappa shape index (κ3) is 5.76. The van der Waals surface area contributed by atoms with Gasteiger partial charge in [0.05, 0.1) is 0 Å². The molecule has 0 bridgehead atoms. The molecule has 2 N–H and O–H groups in total. The minimum Gasteiger partial charge on any atom is -0.356 e. The van der Waals surface area contributed by atoms with Gasteiger partial charge in [-0.05, 0) is 37.5 Å². The summed E-state index contributed by atoms with van der Waals surface area (Å²) in [6.45, 7) is 3.73. The molecular formula is C20H24ClN5O3S. The second-order valence-electron chi connectivity index (χ2n) is 7.09. The molecule has 3 amide bonds. The van der Waals surface area contributed by atoms with Gasteiger partial charge in [-0.15, -0.1) is 10.2 Å². The lowest BCUT2D eigenvalue weighted by molar-refractivity contribution is -0.126. The molecule has 1 saturated heterocycles. The molecule has 0 aliphatic carbocycles. The Hall–Kier alpha value is -2.52. The standard InChI is InChI=1S/C20H24ClN5O3S/c1-2-3-9-22-16(27)13-7-10-26(11-8-13)20(29)19-25-24-18(30-19)17(28)23-15-6-4-5-14(21)12-15/h4-6,12-13H,2-3,7-11H2,1H3,(H,22,27)(H,23,28). The Morgan fingerprint density at radius 1 is 1.20 bits per heavy atom. The van der Waals surface area contributed by atoms with Gasteiger partial charge in [-0.1, -0.05) is 42.3 Å². The summed E-state index contributed by atoms with van der Waals surface area (Å²) in [5.41, 5.74) is 0.537. The monoisotopic (exact) mass is 449 g/mol. The largest absolute Gasteiger partial charge is 0.356 e.